The van der Waals surface area contributed by atoms with E-state index in [4.69, 9.17) is 0 Å². The van der Waals surface area contributed by atoms with E-state index in [1.54, 1.807) is 5.32 Å². The van der Waals surface area contributed by atoms with Crippen LogP contribution in [-0.2, 0) is 0 Å². The first-order chi connectivity index (χ1) is 7.47. The third kappa shape index (κ3) is 7.33. The number of hydrogen-bond donors (Lipinski definition) is 3. The van der Waals surface area contributed by atoms with Crippen LogP contribution in [0.4, 0.5) is 18.0 Å². The highest BCUT2D eigenvalue weighted by Crippen LogP contribution is 2.18. The summed E-state index contributed by atoms with van der Waals surface area (Å²) < 4.78 is 35.1. The van der Waals surface area contributed by atoms with E-state index in [1.165, 1.54) is 12.8 Å². The van der Waals surface area contributed by atoms with Gasteiger partial charge in [-0.15, -0.1) is 0 Å². The smallest absolute Gasteiger partial charge is 0.338 e. The molecule has 3 N–H and O–H groups in total. The van der Waals surface area contributed by atoms with Crippen molar-refractivity contribution in [2.75, 3.05) is 19.6 Å². The molecular weight excluding hydrogens is 223 g/mol. The van der Waals surface area contributed by atoms with E-state index in [2.05, 4.69) is 10.6 Å². The van der Waals surface area contributed by atoms with Gasteiger partial charge in [-0.05, 0) is 25.8 Å². The van der Waals surface area contributed by atoms with Gasteiger partial charge in [-0.25, -0.2) is 4.79 Å². The van der Waals surface area contributed by atoms with Crippen LogP contribution in [0.5, 0.6) is 0 Å². The number of alkyl halides is 3. The average molecular weight is 239 g/mol. The molecule has 7 heteroatoms. The third-order valence-electron chi connectivity index (χ3n) is 2.10. The summed E-state index contributed by atoms with van der Waals surface area (Å²) in [6, 6.07) is -0.164. The highest BCUT2D eigenvalue weighted by atomic mass is 19.4. The minimum absolute atomic E-state index is 0.378. The Kier molecular flexibility index (Phi) is 4.85. The molecule has 1 fully saturated rings. The number of nitrogens with one attached hydrogen (secondary N) is 3. The number of hydrogen-bond acceptors (Lipinski definition) is 2. The zero-order chi connectivity index (χ0) is 12.0. The molecule has 4 nitrogen and oxygen atoms in total. The summed E-state index contributed by atoms with van der Waals surface area (Å²) in [5.74, 6) is 0. The summed E-state index contributed by atoms with van der Waals surface area (Å²) in [6.45, 7) is -0.132. The van der Waals surface area contributed by atoms with Crippen LogP contribution in [0, 0.1) is 0 Å². The molecule has 0 heterocycles. The fraction of sp³-hybridized carbons (Fsp3) is 0.889. The highest BCUT2D eigenvalue weighted by Gasteiger charge is 2.27. The molecular formula is C9H16F3N3O. The van der Waals surface area contributed by atoms with Gasteiger partial charge in [0.2, 0.25) is 0 Å². The first-order valence-electron chi connectivity index (χ1n) is 5.29. The molecule has 0 aromatic rings. The van der Waals surface area contributed by atoms with Gasteiger partial charge in [0.1, 0.15) is 6.54 Å². The van der Waals surface area contributed by atoms with Crippen LogP contribution in [0.25, 0.3) is 0 Å². The normalized spacial score (nSPS) is 15.9. The van der Waals surface area contributed by atoms with Crippen molar-refractivity contribution in [1.82, 2.24) is 16.0 Å². The molecule has 0 aliphatic heterocycles. The number of halogens is 3. The highest BCUT2D eigenvalue weighted by molar-refractivity contribution is 5.73. The minimum atomic E-state index is -4.36. The van der Waals surface area contributed by atoms with Crippen molar-refractivity contribution in [1.29, 1.82) is 0 Å². The Morgan fingerprint density at radius 2 is 1.88 bits per heavy atom. The zero-order valence-corrected chi connectivity index (χ0v) is 8.86. The van der Waals surface area contributed by atoms with Crippen molar-refractivity contribution < 1.29 is 18.0 Å². The van der Waals surface area contributed by atoms with Crippen molar-refractivity contribution in [3.63, 3.8) is 0 Å². The Balaban J connectivity index is 1.89. The van der Waals surface area contributed by atoms with Gasteiger partial charge in [0.25, 0.3) is 0 Å². The van der Waals surface area contributed by atoms with Crippen LogP contribution >= 0.6 is 0 Å². The maximum Gasteiger partial charge on any atom is 0.405 e. The van der Waals surface area contributed by atoms with Gasteiger partial charge in [-0.3, -0.25) is 0 Å². The summed E-state index contributed by atoms with van der Waals surface area (Å²) in [6.07, 6.45) is -1.25. The largest absolute Gasteiger partial charge is 0.405 e. The number of rotatable bonds is 6. The van der Waals surface area contributed by atoms with Crippen molar-refractivity contribution in [2.24, 2.45) is 0 Å². The van der Waals surface area contributed by atoms with E-state index >= 15 is 0 Å². The van der Waals surface area contributed by atoms with E-state index in [-0.39, 0.29) is 0 Å². The van der Waals surface area contributed by atoms with Gasteiger partial charge in [0, 0.05) is 12.6 Å². The molecule has 94 valence electrons. The topological polar surface area (TPSA) is 53.2 Å². The zero-order valence-electron chi connectivity index (χ0n) is 8.86. The van der Waals surface area contributed by atoms with Gasteiger partial charge in [-0.1, -0.05) is 0 Å². The lowest BCUT2D eigenvalue weighted by atomic mass is 10.4. The van der Waals surface area contributed by atoms with Gasteiger partial charge >= 0.3 is 12.2 Å². The second-order valence-electron chi connectivity index (χ2n) is 3.81. The van der Waals surface area contributed by atoms with Crippen molar-refractivity contribution in [2.45, 2.75) is 31.5 Å². The molecule has 0 bridgehead atoms. The fourth-order valence-corrected chi connectivity index (χ4v) is 1.13. The van der Waals surface area contributed by atoms with Crippen molar-refractivity contribution in [3.05, 3.63) is 0 Å². The predicted octanol–water partition coefficient (Wildman–Crippen LogP) is 0.990. The van der Waals surface area contributed by atoms with E-state index < -0.39 is 18.8 Å². The summed E-state index contributed by atoms with van der Waals surface area (Å²) in [5.41, 5.74) is 0. The van der Waals surface area contributed by atoms with Crippen LogP contribution in [0.15, 0.2) is 0 Å². The maximum absolute atomic E-state index is 11.7. The van der Waals surface area contributed by atoms with E-state index in [9.17, 15) is 18.0 Å². The second-order valence-corrected chi connectivity index (χ2v) is 3.81. The van der Waals surface area contributed by atoms with Gasteiger partial charge in [0.05, 0.1) is 0 Å². The quantitative estimate of drug-likeness (QED) is 0.605. The SMILES string of the molecule is O=C(NCCCNC1CC1)NCC(F)(F)F. The molecule has 1 rings (SSSR count). The van der Waals surface area contributed by atoms with Gasteiger partial charge in [0.15, 0.2) is 0 Å². The maximum atomic E-state index is 11.7. The van der Waals surface area contributed by atoms with Crippen LogP contribution in [0.1, 0.15) is 19.3 Å². The number of carbonyl (C=O) groups excluding carboxylic acids is 1. The average Bonchev–Trinajstić information content (AvgIpc) is 2.97. The Morgan fingerprint density at radius 1 is 1.19 bits per heavy atom. The molecule has 1 aliphatic carbocycles. The first kappa shape index (κ1) is 13.1. The molecule has 0 aromatic carbocycles. The molecule has 0 spiro atoms. The predicted molar refractivity (Wildman–Crippen MR) is 53.1 cm³/mol. The molecule has 16 heavy (non-hydrogen) atoms. The lowest BCUT2D eigenvalue weighted by Gasteiger charge is -2.09. The molecule has 0 radical (unpaired) electrons. The Bertz CT molecular complexity index is 229. The summed E-state index contributed by atoms with van der Waals surface area (Å²) in [7, 11) is 0. The molecule has 0 saturated heterocycles. The number of urea groups is 1. The number of amides is 2. The molecule has 0 unspecified atom stereocenters. The Labute approximate surface area is 92.0 Å². The van der Waals surface area contributed by atoms with Crippen LogP contribution in [0.3, 0.4) is 0 Å². The molecule has 2 amide bonds. The van der Waals surface area contributed by atoms with E-state index in [0.717, 1.165) is 13.0 Å². The Morgan fingerprint density at radius 3 is 2.44 bits per heavy atom. The van der Waals surface area contributed by atoms with Crippen LogP contribution < -0.4 is 16.0 Å². The molecule has 1 aliphatic rings. The van der Waals surface area contributed by atoms with E-state index in [1.807, 2.05) is 0 Å². The monoisotopic (exact) mass is 239 g/mol. The third-order valence-corrected chi connectivity index (χ3v) is 2.10. The lowest BCUT2D eigenvalue weighted by molar-refractivity contribution is -0.122. The van der Waals surface area contributed by atoms with E-state index in [0.29, 0.717) is 12.6 Å². The number of carbonyl (C=O) groups is 1. The van der Waals surface area contributed by atoms with Crippen molar-refractivity contribution >= 4 is 6.03 Å². The molecule has 1 saturated carbocycles. The summed E-state index contributed by atoms with van der Waals surface area (Å²) >= 11 is 0. The lowest BCUT2D eigenvalue weighted by Crippen LogP contribution is -2.41. The fourth-order valence-electron chi connectivity index (χ4n) is 1.13. The first-order valence-corrected chi connectivity index (χ1v) is 5.29. The Hall–Kier alpha value is -0.980. The standard InChI is InChI=1S/C9H16F3N3O/c10-9(11,12)6-15-8(16)14-5-1-4-13-7-2-3-7/h7,13H,1-6H2,(H2,14,15,16). The van der Waals surface area contributed by atoms with Crippen LogP contribution in [0.2, 0.25) is 0 Å². The molecule has 0 aromatic heterocycles. The summed E-state index contributed by atoms with van der Waals surface area (Å²) in [4.78, 5) is 10.9. The van der Waals surface area contributed by atoms with Crippen LogP contribution in [-0.4, -0.2) is 37.9 Å². The van der Waals surface area contributed by atoms with Gasteiger partial charge < -0.3 is 16.0 Å². The summed E-state index contributed by atoms with van der Waals surface area (Å²) in [5, 5.41) is 7.33. The molecule has 0 atom stereocenters. The van der Waals surface area contributed by atoms with Gasteiger partial charge in [-0.2, -0.15) is 13.2 Å². The minimum Gasteiger partial charge on any atom is -0.338 e. The second kappa shape index (κ2) is 5.93. The van der Waals surface area contributed by atoms with Crippen molar-refractivity contribution in [3.8, 4) is 0 Å².